The first-order chi connectivity index (χ1) is 10.5. The minimum absolute atomic E-state index is 0.0179. The van der Waals surface area contributed by atoms with Gasteiger partial charge in [-0.15, -0.1) is 0 Å². The third kappa shape index (κ3) is 3.78. The van der Waals surface area contributed by atoms with Crippen molar-refractivity contribution in [1.82, 2.24) is 4.90 Å². The molecular formula is C17H23NO4. The van der Waals surface area contributed by atoms with Crippen LogP contribution in [0.4, 0.5) is 0 Å². The lowest BCUT2D eigenvalue weighted by Gasteiger charge is -2.36. The summed E-state index contributed by atoms with van der Waals surface area (Å²) in [5.74, 6) is -0.449. The van der Waals surface area contributed by atoms with Crippen LogP contribution in [-0.2, 0) is 16.0 Å². The fraction of sp³-hybridized carbons (Fsp3) is 0.529. The molecule has 2 rings (SSSR count). The molecular weight excluding hydrogens is 282 g/mol. The molecule has 1 N–H and O–H groups in total. The molecule has 0 spiro atoms. The number of hydrogen-bond acceptors (Lipinski definition) is 3. The van der Waals surface area contributed by atoms with E-state index in [1.807, 2.05) is 31.2 Å². The van der Waals surface area contributed by atoms with Gasteiger partial charge in [0.1, 0.15) is 5.75 Å². The molecule has 2 unspecified atom stereocenters. The van der Waals surface area contributed by atoms with Crippen LogP contribution in [0.1, 0.15) is 31.7 Å². The van der Waals surface area contributed by atoms with Crippen LogP contribution in [0.3, 0.4) is 0 Å². The third-order valence-electron chi connectivity index (χ3n) is 4.35. The van der Waals surface area contributed by atoms with E-state index in [4.69, 9.17) is 9.84 Å². The molecule has 1 aliphatic heterocycles. The second-order valence-electron chi connectivity index (χ2n) is 5.82. The van der Waals surface area contributed by atoms with Crippen LogP contribution in [0.15, 0.2) is 24.3 Å². The van der Waals surface area contributed by atoms with Gasteiger partial charge in [-0.3, -0.25) is 9.59 Å². The lowest BCUT2D eigenvalue weighted by atomic mass is 9.93. The highest BCUT2D eigenvalue weighted by Gasteiger charge is 2.32. The van der Waals surface area contributed by atoms with E-state index in [1.54, 1.807) is 12.0 Å². The average molecular weight is 305 g/mol. The second-order valence-corrected chi connectivity index (χ2v) is 5.82. The summed E-state index contributed by atoms with van der Waals surface area (Å²) in [7, 11) is 1.62. The predicted octanol–water partition coefficient (Wildman–Crippen LogP) is 2.34. The zero-order valence-corrected chi connectivity index (χ0v) is 13.1. The van der Waals surface area contributed by atoms with E-state index in [0.29, 0.717) is 25.8 Å². The average Bonchev–Trinajstić information content (AvgIpc) is 2.53. The van der Waals surface area contributed by atoms with Crippen molar-refractivity contribution in [3.05, 3.63) is 29.8 Å². The molecule has 1 amide bonds. The van der Waals surface area contributed by atoms with E-state index in [0.717, 1.165) is 17.7 Å². The van der Waals surface area contributed by atoms with E-state index in [1.165, 1.54) is 0 Å². The predicted molar refractivity (Wildman–Crippen MR) is 82.8 cm³/mol. The van der Waals surface area contributed by atoms with Crippen LogP contribution in [0.25, 0.3) is 0 Å². The Kier molecular flexibility index (Phi) is 5.41. The number of nitrogens with zero attached hydrogens (tertiary/aromatic N) is 1. The van der Waals surface area contributed by atoms with Gasteiger partial charge in [-0.25, -0.2) is 0 Å². The third-order valence-corrected chi connectivity index (χ3v) is 4.35. The quantitative estimate of drug-likeness (QED) is 0.906. The number of hydrogen-bond donors (Lipinski definition) is 1. The molecule has 5 heteroatoms. The fourth-order valence-electron chi connectivity index (χ4n) is 2.95. The van der Waals surface area contributed by atoms with Gasteiger partial charge in [-0.05, 0) is 37.8 Å². The number of piperidine rings is 1. The van der Waals surface area contributed by atoms with Crippen molar-refractivity contribution in [3.8, 4) is 5.75 Å². The first-order valence-electron chi connectivity index (χ1n) is 7.67. The normalized spacial score (nSPS) is 21.5. The molecule has 120 valence electrons. The number of aliphatic carboxylic acids is 1. The number of likely N-dealkylation sites (tertiary alicyclic amines) is 1. The summed E-state index contributed by atoms with van der Waals surface area (Å²) < 4.78 is 5.29. The lowest BCUT2D eigenvalue weighted by molar-refractivity contribution is -0.147. The maximum atomic E-state index is 12.4. The SMILES string of the molecule is COc1ccccc1CCC(=O)N1CC(C(=O)O)CCC1C. The summed E-state index contributed by atoms with van der Waals surface area (Å²) in [5.41, 5.74) is 0.998. The van der Waals surface area contributed by atoms with Gasteiger partial charge in [-0.1, -0.05) is 18.2 Å². The minimum atomic E-state index is -0.811. The molecule has 1 aliphatic rings. The molecule has 1 saturated heterocycles. The van der Waals surface area contributed by atoms with Gasteiger partial charge in [0.2, 0.25) is 5.91 Å². The number of aryl methyl sites for hydroxylation is 1. The van der Waals surface area contributed by atoms with Gasteiger partial charge in [0.25, 0.3) is 0 Å². The Morgan fingerprint density at radius 2 is 2.05 bits per heavy atom. The number of carbonyl (C=O) groups is 2. The summed E-state index contributed by atoms with van der Waals surface area (Å²) in [4.78, 5) is 25.3. The van der Waals surface area contributed by atoms with Crippen molar-refractivity contribution in [2.45, 2.75) is 38.6 Å². The molecule has 0 aliphatic carbocycles. The fourth-order valence-corrected chi connectivity index (χ4v) is 2.95. The zero-order valence-electron chi connectivity index (χ0n) is 13.1. The largest absolute Gasteiger partial charge is 0.496 e. The number of methoxy groups -OCH3 is 1. The van der Waals surface area contributed by atoms with E-state index in [-0.39, 0.29) is 11.9 Å². The van der Waals surface area contributed by atoms with Crippen LogP contribution in [-0.4, -0.2) is 41.6 Å². The van der Waals surface area contributed by atoms with Gasteiger partial charge in [0, 0.05) is 19.0 Å². The Morgan fingerprint density at radius 3 is 2.73 bits per heavy atom. The first kappa shape index (κ1) is 16.3. The molecule has 1 fully saturated rings. The highest BCUT2D eigenvalue weighted by Crippen LogP contribution is 2.24. The van der Waals surface area contributed by atoms with E-state index in [2.05, 4.69) is 0 Å². The molecule has 22 heavy (non-hydrogen) atoms. The molecule has 0 saturated carbocycles. The Bertz CT molecular complexity index is 543. The summed E-state index contributed by atoms with van der Waals surface area (Å²) in [6, 6.07) is 7.76. The highest BCUT2D eigenvalue weighted by molar-refractivity contribution is 5.78. The molecule has 1 heterocycles. The van der Waals surface area contributed by atoms with Crippen LogP contribution >= 0.6 is 0 Å². The van der Waals surface area contributed by atoms with E-state index >= 15 is 0 Å². The Balaban J connectivity index is 1.97. The van der Waals surface area contributed by atoms with Crippen molar-refractivity contribution in [3.63, 3.8) is 0 Å². The number of benzene rings is 1. The molecule has 0 radical (unpaired) electrons. The van der Waals surface area contributed by atoms with Crippen molar-refractivity contribution < 1.29 is 19.4 Å². The lowest BCUT2D eigenvalue weighted by Crippen LogP contribution is -2.47. The minimum Gasteiger partial charge on any atom is -0.496 e. The number of ether oxygens (including phenoxy) is 1. The van der Waals surface area contributed by atoms with Gasteiger partial charge in [-0.2, -0.15) is 0 Å². The number of carbonyl (C=O) groups excluding carboxylic acids is 1. The molecule has 1 aromatic rings. The number of amides is 1. The number of carboxylic acid groups (broad SMARTS) is 1. The van der Waals surface area contributed by atoms with E-state index in [9.17, 15) is 9.59 Å². The Morgan fingerprint density at radius 1 is 1.32 bits per heavy atom. The van der Waals surface area contributed by atoms with Gasteiger partial charge >= 0.3 is 5.97 Å². The van der Waals surface area contributed by atoms with Gasteiger partial charge in [0.15, 0.2) is 0 Å². The number of para-hydroxylation sites is 1. The molecule has 5 nitrogen and oxygen atoms in total. The molecule has 1 aromatic carbocycles. The topological polar surface area (TPSA) is 66.8 Å². The smallest absolute Gasteiger partial charge is 0.308 e. The van der Waals surface area contributed by atoms with Crippen LogP contribution in [0.5, 0.6) is 5.75 Å². The zero-order chi connectivity index (χ0) is 16.1. The second kappa shape index (κ2) is 7.29. The molecule has 0 bridgehead atoms. The Labute approximate surface area is 130 Å². The van der Waals surface area contributed by atoms with Crippen molar-refractivity contribution in [2.75, 3.05) is 13.7 Å². The van der Waals surface area contributed by atoms with Crippen molar-refractivity contribution in [2.24, 2.45) is 5.92 Å². The maximum Gasteiger partial charge on any atom is 0.308 e. The standard InChI is InChI=1S/C17H23NO4/c1-12-7-8-14(17(20)21)11-18(12)16(19)10-9-13-5-3-4-6-15(13)22-2/h3-6,12,14H,7-11H2,1-2H3,(H,20,21). The van der Waals surface area contributed by atoms with Gasteiger partial charge in [0.05, 0.1) is 13.0 Å². The summed E-state index contributed by atoms with van der Waals surface area (Å²) in [5, 5.41) is 9.15. The number of rotatable bonds is 5. The van der Waals surface area contributed by atoms with Crippen LogP contribution < -0.4 is 4.74 Å². The van der Waals surface area contributed by atoms with E-state index < -0.39 is 11.9 Å². The molecule has 2 atom stereocenters. The Hall–Kier alpha value is -2.04. The highest BCUT2D eigenvalue weighted by atomic mass is 16.5. The maximum absolute atomic E-state index is 12.4. The molecule has 0 aromatic heterocycles. The summed E-state index contributed by atoms with van der Waals surface area (Å²) in [6.07, 6.45) is 2.37. The first-order valence-corrected chi connectivity index (χ1v) is 7.67. The van der Waals surface area contributed by atoms with Crippen LogP contribution in [0.2, 0.25) is 0 Å². The summed E-state index contributed by atoms with van der Waals surface area (Å²) >= 11 is 0. The van der Waals surface area contributed by atoms with Crippen molar-refractivity contribution >= 4 is 11.9 Å². The van der Waals surface area contributed by atoms with Crippen molar-refractivity contribution in [1.29, 1.82) is 0 Å². The van der Waals surface area contributed by atoms with Crippen LogP contribution in [0, 0.1) is 5.92 Å². The number of carboxylic acids is 1. The monoisotopic (exact) mass is 305 g/mol. The van der Waals surface area contributed by atoms with Gasteiger partial charge < -0.3 is 14.7 Å². The summed E-state index contributed by atoms with van der Waals surface area (Å²) in [6.45, 7) is 2.31.